The Kier molecular flexibility index (Phi) is 11.5. The summed E-state index contributed by atoms with van der Waals surface area (Å²) in [6.07, 6.45) is -0.499. The van der Waals surface area contributed by atoms with E-state index < -0.39 is 16.3 Å². The summed E-state index contributed by atoms with van der Waals surface area (Å²) in [5.74, 6) is 0.821. The van der Waals surface area contributed by atoms with Gasteiger partial charge in [0.1, 0.15) is 18.5 Å². The summed E-state index contributed by atoms with van der Waals surface area (Å²) in [6, 6.07) is 14.4. The van der Waals surface area contributed by atoms with Gasteiger partial charge in [0.2, 0.25) is 0 Å². The second-order valence-corrected chi connectivity index (χ2v) is 5.48. The minimum atomic E-state index is -1.50. The standard InChI is InChI=1S/C16H21NO2.2HNO3/c1-12(2)17-10-14(18)11-19-16-9-5-7-13-6-3-4-8-15(13)16;2*2-1(3)4/h3-9,12,14,17-18H,10-11H2,1-2H3;2*(H,2,3,4). The van der Waals surface area contributed by atoms with E-state index in [9.17, 15) is 5.11 Å². The first-order chi connectivity index (χ1) is 12.6. The van der Waals surface area contributed by atoms with Crippen molar-refractivity contribution in [2.75, 3.05) is 13.2 Å². The average Bonchev–Trinajstić information content (AvgIpc) is 2.57. The van der Waals surface area contributed by atoms with Crippen LogP contribution in [-0.4, -0.2) is 51.0 Å². The smallest absolute Gasteiger partial charge is 0.291 e. The third kappa shape index (κ3) is 12.8. The van der Waals surface area contributed by atoms with Crippen LogP contribution >= 0.6 is 0 Å². The number of fused-ring (bicyclic) bond motifs is 1. The van der Waals surface area contributed by atoms with Crippen LogP contribution in [0.15, 0.2) is 42.5 Å². The Morgan fingerprint density at radius 2 is 1.56 bits per heavy atom. The third-order valence-electron chi connectivity index (χ3n) is 2.94. The molecule has 0 aliphatic heterocycles. The predicted molar refractivity (Wildman–Crippen MR) is 96.2 cm³/mol. The molecule has 0 spiro atoms. The lowest BCUT2D eigenvalue weighted by molar-refractivity contribution is -0.742. The van der Waals surface area contributed by atoms with Gasteiger partial charge in [-0.05, 0) is 11.5 Å². The Morgan fingerprint density at radius 1 is 1.04 bits per heavy atom. The van der Waals surface area contributed by atoms with E-state index in [0.717, 1.165) is 16.5 Å². The molecule has 150 valence electrons. The van der Waals surface area contributed by atoms with Gasteiger partial charge < -0.3 is 25.6 Å². The molecule has 0 amide bonds. The first kappa shape index (κ1) is 23.8. The van der Waals surface area contributed by atoms with Crippen molar-refractivity contribution in [3.8, 4) is 5.75 Å². The lowest BCUT2D eigenvalue weighted by Gasteiger charge is -2.15. The van der Waals surface area contributed by atoms with Crippen molar-refractivity contribution >= 4 is 10.8 Å². The molecule has 0 fully saturated rings. The van der Waals surface area contributed by atoms with Gasteiger partial charge in [-0.15, -0.1) is 20.2 Å². The molecule has 0 saturated carbocycles. The highest BCUT2D eigenvalue weighted by Gasteiger charge is 2.07. The van der Waals surface area contributed by atoms with Gasteiger partial charge in [0, 0.05) is 18.0 Å². The van der Waals surface area contributed by atoms with Crippen molar-refractivity contribution in [3.05, 3.63) is 62.7 Å². The first-order valence-electron chi connectivity index (χ1n) is 7.82. The molecule has 11 heteroatoms. The highest BCUT2D eigenvalue weighted by atomic mass is 16.9. The number of ether oxygens (including phenoxy) is 1. The summed E-state index contributed by atoms with van der Waals surface area (Å²) in [6.45, 7) is 4.95. The van der Waals surface area contributed by atoms with E-state index in [0.29, 0.717) is 19.2 Å². The van der Waals surface area contributed by atoms with Gasteiger partial charge in [-0.2, -0.15) is 0 Å². The zero-order valence-corrected chi connectivity index (χ0v) is 14.9. The topological polar surface area (TPSA) is 168 Å². The maximum atomic E-state index is 9.84. The molecule has 0 radical (unpaired) electrons. The molecule has 0 aromatic heterocycles. The zero-order valence-electron chi connectivity index (χ0n) is 14.9. The maximum Gasteiger partial charge on any atom is 0.291 e. The zero-order chi connectivity index (χ0) is 20.8. The highest BCUT2D eigenvalue weighted by Crippen LogP contribution is 2.25. The minimum absolute atomic E-state index is 0.299. The van der Waals surface area contributed by atoms with Crippen molar-refractivity contribution in [2.24, 2.45) is 0 Å². The fourth-order valence-electron chi connectivity index (χ4n) is 1.94. The van der Waals surface area contributed by atoms with Crippen molar-refractivity contribution in [3.63, 3.8) is 0 Å². The van der Waals surface area contributed by atoms with Gasteiger partial charge in [0.05, 0.1) is 0 Å². The van der Waals surface area contributed by atoms with E-state index in [-0.39, 0.29) is 0 Å². The largest absolute Gasteiger partial charge is 0.490 e. The fourth-order valence-corrected chi connectivity index (χ4v) is 1.94. The molecule has 27 heavy (non-hydrogen) atoms. The monoisotopic (exact) mass is 385 g/mol. The molecule has 4 N–H and O–H groups in total. The molecular weight excluding hydrogens is 362 g/mol. The number of rotatable bonds is 6. The summed E-state index contributed by atoms with van der Waals surface area (Å²) in [4.78, 5) is 16.7. The normalized spacial score (nSPS) is 10.8. The number of benzene rings is 2. The van der Waals surface area contributed by atoms with Crippen molar-refractivity contribution in [2.45, 2.75) is 26.0 Å². The summed E-state index contributed by atoms with van der Waals surface area (Å²) >= 11 is 0. The van der Waals surface area contributed by atoms with Crippen LogP contribution in [-0.2, 0) is 0 Å². The SMILES string of the molecule is CC(C)NCC(O)COc1cccc2ccccc12.O=[N+]([O-])O.O=[N+]([O-])O. The van der Waals surface area contributed by atoms with Crippen LogP contribution in [0.3, 0.4) is 0 Å². The maximum absolute atomic E-state index is 9.84. The predicted octanol–water partition coefficient (Wildman–Crippen LogP) is 1.88. The number of nitrogens with one attached hydrogen (secondary N) is 1. The Hall–Kier alpha value is -3.18. The molecule has 0 aliphatic rings. The molecule has 2 aromatic carbocycles. The molecule has 2 rings (SSSR count). The van der Waals surface area contributed by atoms with E-state index >= 15 is 0 Å². The Morgan fingerprint density at radius 3 is 2.11 bits per heavy atom. The number of aliphatic hydroxyl groups excluding tert-OH is 1. The van der Waals surface area contributed by atoms with Crippen molar-refractivity contribution in [1.29, 1.82) is 0 Å². The van der Waals surface area contributed by atoms with Gasteiger partial charge in [-0.1, -0.05) is 50.2 Å². The van der Waals surface area contributed by atoms with Gasteiger partial charge in [0.15, 0.2) is 0 Å². The fraction of sp³-hybridized carbons (Fsp3) is 0.375. The van der Waals surface area contributed by atoms with Crippen LogP contribution in [0, 0.1) is 20.2 Å². The molecule has 0 bridgehead atoms. The van der Waals surface area contributed by atoms with Gasteiger partial charge in [-0.25, -0.2) is 0 Å². The highest BCUT2D eigenvalue weighted by molar-refractivity contribution is 5.88. The van der Waals surface area contributed by atoms with E-state index in [1.807, 2.05) is 30.3 Å². The summed E-state index contributed by atoms with van der Waals surface area (Å²) in [5.41, 5.74) is 0. The molecule has 1 atom stereocenters. The molecule has 2 aromatic rings. The molecule has 1 unspecified atom stereocenters. The first-order valence-corrected chi connectivity index (χ1v) is 7.82. The minimum Gasteiger partial charge on any atom is -0.490 e. The third-order valence-corrected chi connectivity index (χ3v) is 2.94. The van der Waals surface area contributed by atoms with Gasteiger partial charge >= 0.3 is 0 Å². The van der Waals surface area contributed by atoms with Crippen LogP contribution in [0.25, 0.3) is 10.8 Å². The number of hydrogen-bond acceptors (Lipinski definition) is 7. The number of nitrogens with zero attached hydrogens (tertiary/aromatic N) is 2. The van der Waals surface area contributed by atoms with Crippen LogP contribution < -0.4 is 10.1 Å². The molecular formula is C16H23N3O8. The summed E-state index contributed by atoms with van der Waals surface area (Å²) in [7, 11) is 0. The van der Waals surface area contributed by atoms with Gasteiger partial charge in [-0.3, -0.25) is 0 Å². The quantitative estimate of drug-likeness (QED) is 0.428. The lowest BCUT2D eigenvalue weighted by atomic mass is 10.1. The van der Waals surface area contributed by atoms with E-state index in [1.165, 1.54) is 0 Å². The Labute approximate surface area is 155 Å². The summed E-state index contributed by atoms with van der Waals surface area (Å²) in [5, 5.41) is 42.5. The molecule has 11 nitrogen and oxygen atoms in total. The molecule has 0 aliphatic carbocycles. The van der Waals surface area contributed by atoms with Crippen LogP contribution in [0.1, 0.15) is 13.8 Å². The number of aliphatic hydroxyl groups is 1. The number of hydrogen-bond donors (Lipinski definition) is 4. The van der Waals surface area contributed by atoms with Crippen molar-refractivity contribution in [1.82, 2.24) is 5.32 Å². The molecule has 0 heterocycles. The van der Waals surface area contributed by atoms with E-state index in [4.69, 9.17) is 35.4 Å². The van der Waals surface area contributed by atoms with Gasteiger partial charge in [0.25, 0.3) is 10.2 Å². The van der Waals surface area contributed by atoms with Crippen LogP contribution in [0.4, 0.5) is 0 Å². The lowest BCUT2D eigenvalue weighted by Crippen LogP contribution is -2.35. The van der Waals surface area contributed by atoms with E-state index in [1.54, 1.807) is 0 Å². The average molecular weight is 385 g/mol. The second kappa shape index (κ2) is 13.1. The molecule has 0 saturated heterocycles. The second-order valence-electron chi connectivity index (χ2n) is 5.48. The van der Waals surface area contributed by atoms with Crippen LogP contribution in [0.2, 0.25) is 0 Å². The summed E-state index contributed by atoms with van der Waals surface area (Å²) < 4.78 is 5.72. The Bertz CT molecular complexity index is 686. The van der Waals surface area contributed by atoms with Crippen LogP contribution in [0.5, 0.6) is 5.75 Å². The van der Waals surface area contributed by atoms with E-state index in [2.05, 4.69) is 31.3 Å². The Balaban J connectivity index is 0.000000718. The van der Waals surface area contributed by atoms with Crippen molar-refractivity contribution < 1.29 is 30.4 Å².